The fourth-order valence-corrected chi connectivity index (χ4v) is 3.34. The normalized spacial score (nSPS) is 23.1. The van der Waals surface area contributed by atoms with E-state index in [4.69, 9.17) is 0 Å². The zero-order chi connectivity index (χ0) is 14.7. The smallest absolute Gasteiger partial charge is 0.0705 e. The van der Waals surface area contributed by atoms with Crippen LogP contribution in [-0.2, 0) is 6.54 Å². The van der Waals surface area contributed by atoms with Crippen LogP contribution >= 0.6 is 0 Å². The number of pyridine rings is 1. The van der Waals surface area contributed by atoms with Crippen molar-refractivity contribution in [2.75, 3.05) is 0 Å². The molecule has 2 heteroatoms. The summed E-state index contributed by atoms with van der Waals surface area (Å²) in [6.45, 7) is 5.41. The van der Waals surface area contributed by atoms with Crippen molar-refractivity contribution in [3.8, 4) is 0 Å². The fraction of sp³-hybridized carbons (Fsp3) is 0.526. The van der Waals surface area contributed by atoms with E-state index in [1.807, 2.05) is 6.92 Å². The molecule has 3 rings (SSSR count). The van der Waals surface area contributed by atoms with Gasteiger partial charge in [-0.15, -0.1) is 0 Å². The number of fused-ring (bicyclic) bond motifs is 1. The third-order valence-electron chi connectivity index (χ3n) is 4.75. The van der Waals surface area contributed by atoms with Crippen LogP contribution < -0.4 is 5.32 Å². The Labute approximate surface area is 128 Å². The first-order chi connectivity index (χ1) is 10.2. The largest absolute Gasteiger partial charge is 0.310 e. The second kappa shape index (κ2) is 6.57. The Morgan fingerprint density at radius 3 is 2.90 bits per heavy atom. The van der Waals surface area contributed by atoms with Crippen LogP contribution in [0.4, 0.5) is 0 Å². The molecule has 1 N–H and O–H groups in total. The minimum absolute atomic E-state index is 0.696. The average Bonchev–Trinajstić information content (AvgIpc) is 2.69. The maximum Gasteiger partial charge on any atom is 0.0705 e. The number of hydrogen-bond donors (Lipinski definition) is 1. The Balaban J connectivity index is 1.63. The van der Waals surface area contributed by atoms with Gasteiger partial charge in [0.05, 0.1) is 5.52 Å². The van der Waals surface area contributed by atoms with Gasteiger partial charge in [-0.05, 0) is 55.9 Å². The second-order valence-electron chi connectivity index (χ2n) is 6.67. The molecular formula is C19H26N2. The van der Waals surface area contributed by atoms with Gasteiger partial charge in [-0.2, -0.15) is 0 Å². The van der Waals surface area contributed by atoms with Crippen LogP contribution in [0.25, 0.3) is 10.9 Å². The summed E-state index contributed by atoms with van der Waals surface area (Å²) in [4.78, 5) is 4.57. The van der Waals surface area contributed by atoms with Gasteiger partial charge >= 0.3 is 0 Å². The minimum atomic E-state index is 0.696. The van der Waals surface area contributed by atoms with Crippen molar-refractivity contribution >= 4 is 10.9 Å². The molecule has 2 unspecified atom stereocenters. The van der Waals surface area contributed by atoms with E-state index in [9.17, 15) is 0 Å². The first-order valence-electron chi connectivity index (χ1n) is 8.30. The van der Waals surface area contributed by atoms with Crippen LogP contribution in [0.1, 0.15) is 50.3 Å². The molecule has 0 radical (unpaired) electrons. The highest BCUT2D eigenvalue weighted by Crippen LogP contribution is 2.23. The fourth-order valence-electron chi connectivity index (χ4n) is 3.34. The van der Waals surface area contributed by atoms with Gasteiger partial charge in [0.2, 0.25) is 0 Å². The van der Waals surface area contributed by atoms with E-state index in [1.165, 1.54) is 43.1 Å². The van der Waals surface area contributed by atoms with E-state index >= 15 is 0 Å². The van der Waals surface area contributed by atoms with Gasteiger partial charge in [-0.25, -0.2) is 0 Å². The molecule has 1 aliphatic rings. The van der Waals surface area contributed by atoms with Crippen molar-refractivity contribution in [3.63, 3.8) is 0 Å². The quantitative estimate of drug-likeness (QED) is 0.832. The zero-order valence-electron chi connectivity index (χ0n) is 13.2. The van der Waals surface area contributed by atoms with E-state index in [-0.39, 0.29) is 0 Å². The lowest BCUT2D eigenvalue weighted by molar-refractivity contribution is 0.447. The predicted molar refractivity (Wildman–Crippen MR) is 89.4 cm³/mol. The molecule has 2 atom stereocenters. The number of rotatable bonds is 3. The van der Waals surface area contributed by atoms with Gasteiger partial charge in [-0.1, -0.05) is 31.9 Å². The number of benzene rings is 1. The number of nitrogens with zero attached hydrogens (tertiary/aromatic N) is 1. The van der Waals surface area contributed by atoms with Crippen LogP contribution in [0.3, 0.4) is 0 Å². The molecule has 0 saturated heterocycles. The van der Waals surface area contributed by atoms with Crippen molar-refractivity contribution in [1.82, 2.24) is 10.3 Å². The second-order valence-corrected chi connectivity index (χ2v) is 6.67. The Morgan fingerprint density at radius 2 is 2.00 bits per heavy atom. The van der Waals surface area contributed by atoms with Gasteiger partial charge in [0.1, 0.15) is 0 Å². The third kappa shape index (κ3) is 3.82. The SMILES string of the molecule is Cc1ccc2cc(CNC3CCCC(C)CC3)ccc2n1. The van der Waals surface area contributed by atoms with E-state index in [0.29, 0.717) is 6.04 Å². The Kier molecular flexibility index (Phi) is 4.54. The van der Waals surface area contributed by atoms with Crippen LogP contribution in [0.15, 0.2) is 30.3 Å². The highest BCUT2D eigenvalue weighted by molar-refractivity contribution is 5.79. The standard InChI is InChI=1S/C19H26N2/c1-14-4-3-5-18(10-6-14)20-13-16-8-11-19-17(12-16)9-7-15(2)21-19/h7-9,11-12,14,18,20H,3-6,10,13H2,1-2H3. The summed E-state index contributed by atoms with van der Waals surface area (Å²) < 4.78 is 0. The molecule has 0 aliphatic heterocycles. The van der Waals surface area contributed by atoms with Crippen LogP contribution in [-0.4, -0.2) is 11.0 Å². The van der Waals surface area contributed by atoms with E-state index in [0.717, 1.165) is 23.7 Å². The molecule has 112 valence electrons. The Hall–Kier alpha value is -1.41. The molecule has 1 heterocycles. The molecule has 0 amide bonds. The molecule has 0 bridgehead atoms. The third-order valence-corrected chi connectivity index (χ3v) is 4.75. The molecule has 21 heavy (non-hydrogen) atoms. The first kappa shape index (κ1) is 14.5. The van der Waals surface area contributed by atoms with Crippen LogP contribution in [0.2, 0.25) is 0 Å². The lowest BCUT2D eigenvalue weighted by Gasteiger charge is -2.16. The zero-order valence-corrected chi connectivity index (χ0v) is 13.2. The minimum Gasteiger partial charge on any atom is -0.310 e. The van der Waals surface area contributed by atoms with Gasteiger partial charge < -0.3 is 5.32 Å². The molecule has 2 aromatic rings. The highest BCUT2D eigenvalue weighted by Gasteiger charge is 2.15. The maximum absolute atomic E-state index is 4.57. The Bertz CT molecular complexity index is 606. The summed E-state index contributed by atoms with van der Waals surface area (Å²) in [5.41, 5.74) is 3.55. The molecular weight excluding hydrogens is 256 g/mol. The molecule has 1 aromatic heterocycles. The number of aromatic nitrogens is 1. The summed E-state index contributed by atoms with van der Waals surface area (Å²) in [7, 11) is 0. The summed E-state index contributed by atoms with van der Waals surface area (Å²) >= 11 is 0. The van der Waals surface area contributed by atoms with Crippen LogP contribution in [0, 0.1) is 12.8 Å². The monoisotopic (exact) mass is 282 g/mol. The summed E-state index contributed by atoms with van der Waals surface area (Å²) in [5, 5.41) is 5.00. The summed E-state index contributed by atoms with van der Waals surface area (Å²) in [6.07, 6.45) is 6.81. The van der Waals surface area contributed by atoms with Crippen molar-refractivity contribution in [2.24, 2.45) is 5.92 Å². The number of aryl methyl sites for hydroxylation is 1. The van der Waals surface area contributed by atoms with Gasteiger partial charge in [0.25, 0.3) is 0 Å². The van der Waals surface area contributed by atoms with Crippen molar-refractivity contribution in [1.29, 1.82) is 0 Å². The molecule has 1 fully saturated rings. The lowest BCUT2D eigenvalue weighted by Crippen LogP contribution is -2.27. The maximum atomic E-state index is 4.57. The molecule has 1 aromatic carbocycles. The van der Waals surface area contributed by atoms with Crippen molar-refractivity contribution < 1.29 is 0 Å². The number of hydrogen-bond acceptors (Lipinski definition) is 2. The van der Waals surface area contributed by atoms with Gasteiger partial charge in [-0.3, -0.25) is 4.98 Å². The average molecular weight is 282 g/mol. The summed E-state index contributed by atoms with van der Waals surface area (Å²) in [5.74, 6) is 0.909. The predicted octanol–water partition coefficient (Wildman–Crippen LogP) is 4.60. The highest BCUT2D eigenvalue weighted by atomic mass is 14.9. The lowest BCUT2D eigenvalue weighted by atomic mass is 10.0. The van der Waals surface area contributed by atoms with E-state index < -0.39 is 0 Å². The van der Waals surface area contributed by atoms with Gasteiger partial charge in [0, 0.05) is 23.7 Å². The topological polar surface area (TPSA) is 24.9 Å². The van der Waals surface area contributed by atoms with E-state index in [2.05, 4.69) is 47.6 Å². The molecule has 2 nitrogen and oxygen atoms in total. The first-order valence-corrected chi connectivity index (χ1v) is 8.30. The Morgan fingerprint density at radius 1 is 1.10 bits per heavy atom. The summed E-state index contributed by atoms with van der Waals surface area (Å²) in [6, 6.07) is 11.6. The molecule has 1 saturated carbocycles. The van der Waals surface area contributed by atoms with Crippen molar-refractivity contribution in [2.45, 2.75) is 58.5 Å². The number of nitrogens with one attached hydrogen (secondary N) is 1. The van der Waals surface area contributed by atoms with Crippen LogP contribution in [0.5, 0.6) is 0 Å². The van der Waals surface area contributed by atoms with Gasteiger partial charge in [0.15, 0.2) is 0 Å². The molecule has 0 spiro atoms. The van der Waals surface area contributed by atoms with Crippen molar-refractivity contribution in [3.05, 3.63) is 41.6 Å². The molecule has 1 aliphatic carbocycles. The van der Waals surface area contributed by atoms with E-state index in [1.54, 1.807) is 0 Å².